The van der Waals surface area contributed by atoms with Crippen LogP contribution in [0.5, 0.6) is 0 Å². The lowest BCUT2D eigenvalue weighted by molar-refractivity contribution is -0.379. The van der Waals surface area contributed by atoms with Gasteiger partial charge in [0.15, 0.2) is 18.9 Å². The van der Waals surface area contributed by atoms with Crippen LogP contribution in [0.1, 0.15) is 271 Å². The third-order valence-electron chi connectivity index (χ3n) is 17.9. The standard InChI is InChI=1S/C70H129NO18/c1-3-5-7-9-11-13-15-17-19-21-22-23-24-25-26-27-28-29-30-32-34-36-38-40-42-44-46-48-58(76)71-53(54(75)47-45-43-41-39-37-35-33-31-20-18-16-14-12-10-8-6-4-2)52-84-68-64(82)61(79)66(56(50-73)86-68)89-70-65(83)62(80)67(57(51-74)87-70)88-69-63(81)60(78)59(77)55(49-72)85-69/h15,17,21-22,45,47,53-57,59-70,72-75,77-83H,3-14,16,18-20,23-44,46,48-52H2,1-2H3,(H,71,76)/b17-15-,22-21-,47-45+. The van der Waals surface area contributed by atoms with Crippen molar-refractivity contribution in [2.45, 2.75) is 375 Å². The van der Waals surface area contributed by atoms with Crippen molar-refractivity contribution in [2.24, 2.45) is 0 Å². The molecule has 89 heavy (non-hydrogen) atoms. The molecule has 19 nitrogen and oxygen atoms in total. The van der Waals surface area contributed by atoms with Crippen LogP contribution in [0.2, 0.25) is 0 Å². The zero-order valence-electron chi connectivity index (χ0n) is 55.2. The molecular formula is C70H129NO18. The predicted octanol–water partition coefficient (Wildman–Crippen LogP) is 9.61. The Kier molecular flexibility index (Phi) is 47.7. The molecule has 3 aliphatic rings. The average Bonchev–Trinajstić information content (AvgIpc) is 2.46. The van der Waals surface area contributed by atoms with Gasteiger partial charge >= 0.3 is 0 Å². The Bertz CT molecular complexity index is 1760. The van der Waals surface area contributed by atoms with Crippen molar-refractivity contribution in [3.05, 3.63) is 36.5 Å². The summed E-state index contributed by atoms with van der Waals surface area (Å²) in [7, 11) is 0. The number of carbonyl (C=O) groups excluding carboxylic acids is 1. The normalized spacial score (nSPS) is 28.4. The molecule has 17 unspecified atom stereocenters. The van der Waals surface area contributed by atoms with Crippen LogP contribution in [-0.4, -0.2) is 193 Å². The summed E-state index contributed by atoms with van der Waals surface area (Å²) in [6, 6.07) is -0.972. The number of amides is 1. The monoisotopic (exact) mass is 1270 g/mol. The van der Waals surface area contributed by atoms with Gasteiger partial charge in [0.1, 0.15) is 73.2 Å². The van der Waals surface area contributed by atoms with Gasteiger partial charge in [-0.1, -0.05) is 249 Å². The molecule has 3 saturated heterocycles. The van der Waals surface area contributed by atoms with Crippen molar-refractivity contribution in [2.75, 3.05) is 26.4 Å². The third-order valence-corrected chi connectivity index (χ3v) is 17.9. The highest BCUT2D eigenvalue weighted by atomic mass is 16.8. The molecule has 12 N–H and O–H groups in total. The van der Waals surface area contributed by atoms with Crippen molar-refractivity contribution in [3.8, 4) is 0 Å². The summed E-state index contributed by atoms with van der Waals surface area (Å²) in [5, 5.41) is 121. The van der Waals surface area contributed by atoms with E-state index in [0.717, 1.165) is 51.4 Å². The summed E-state index contributed by atoms with van der Waals surface area (Å²) >= 11 is 0. The molecule has 0 bridgehead atoms. The second-order valence-corrected chi connectivity index (χ2v) is 25.7. The Morgan fingerprint density at radius 3 is 1.15 bits per heavy atom. The van der Waals surface area contributed by atoms with E-state index in [0.29, 0.717) is 6.42 Å². The van der Waals surface area contributed by atoms with Crippen LogP contribution in [0.3, 0.4) is 0 Å². The van der Waals surface area contributed by atoms with Crippen molar-refractivity contribution in [1.29, 1.82) is 0 Å². The molecular weight excluding hydrogens is 1140 g/mol. The summed E-state index contributed by atoms with van der Waals surface area (Å²) in [6.45, 7) is 1.75. The van der Waals surface area contributed by atoms with E-state index in [4.69, 9.17) is 28.4 Å². The minimum atomic E-state index is -1.98. The van der Waals surface area contributed by atoms with Gasteiger partial charge < -0.3 is 89.9 Å². The molecule has 0 radical (unpaired) electrons. The van der Waals surface area contributed by atoms with E-state index in [-0.39, 0.29) is 18.9 Å². The molecule has 19 heteroatoms. The fourth-order valence-electron chi connectivity index (χ4n) is 12.1. The Labute approximate surface area is 536 Å². The maximum absolute atomic E-state index is 13.4. The number of ether oxygens (including phenoxy) is 6. The van der Waals surface area contributed by atoms with Crippen molar-refractivity contribution in [3.63, 3.8) is 0 Å². The van der Waals surface area contributed by atoms with Gasteiger partial charge in [-0.15, -0.1) is 0 Å². The van der Waals surface area contributed by atoms with E-state index in [9.17, 15) is 61.0 Å². The molecule has 0 spiro atoms. The van der Waals surface area contributed by atoms with Crippen molar-refractivity contribution in [1.82, 2.24) is 5.32 Å². The highest BCUT2D eigenvalue weighted by Crippen LogP contribution is 2.33. The lowest BCUT2D eigenvalue weighted by Crippen LogP contribution is -2.66. The molecule has 3 heterocycles. The van der Waals surface area contributed by atoms with Gasteiger partial charge in [-0.3, -0.25) is 4.79 Å². The van der Waals surface area contributed by atoms with E-state index in [2.05, 4.69) is 43.5 Å². The van der Waals surface area contributed by atoms with Crippen LogP contribution >= 0.6 is 0 Å². The Balaban J connectivity index is 1.41. The fourth-order valence-corrected chi connectivity index (χ4v) is 12.1. The Hall–Kier alpha value is -1.99. The minimum Gasteiger partial charge on any atom is -0.394 e. The SMILES string of the molecule is CCCCCCC/C=C\C/C=C\CCCCCCCCCCCCCCCCCC(=O)NC(COC1OC(CO)C(OC2OC(CO)C(OC3OC(CO)C(O)C(O)C3O)C(O)C2O)C(O)C1O)C(O)/C=C/CCCCCCCCCCCCCCCCC. The van der Waals surface area contributed by atoms with Crippen LogP contribution in [0.25, 0.3) is 0 Å². The first-order chi connectivity index (χ1) is 43.3. The molecule has 1 amide bonds. The summed E-state index contributed by atoms with van der Waals surface area (Å²) in [6.07, 6.45) is 34.0. The van der Waals surface area contributed by atoms with E-state index in [1.807, 2.05) is 6.08 Å². The number of rotatable bonds is 55. The lowest BCUT2D eigenvalue weighted by atomic mass is 9.96. The van der Waals surface area contributed by atoms with Crippen molar-refractivity contribution >= 4 is 5.91 Å². The summed E-state index contributed by atoms with van der Waals surface area (Å²) in [5.74, 6) is -0.273. The number of carbonyl (C=O) groups is 1. The fraction of sp³-hybridized carbons (Fsp3) is 0.900. The largest absolute Gasteiger partial charge is 0.394 e. The second kappa shape index (κ2) is 52.3. The first-order valence-electron chi connectivity index (χ1n) is 35.7. The third kappa shape index (κ3) is 34.3. The number of aliphatic hydroxyl groups excluding tert-OH is 11. The predicted molar refractivity (Wildman–Crippen MR) is 346 cm³/mol. The van der Waals surface area contributed by atoms with Gasteiger partial charge in [-0.2, -0.15) is 0 Å². The summed E-state index contributed by atoms with van der Waals surface area (Å²) in [4.78, 5) is 13.4. The van der Waals surface area contributed by atoms with Crippen LogP contribution in [0.15, 0.2) is 36.5 Å². The molecule has 522 valence electrons. The summed E-state index contributed by atoms with van der Waals surface area (Å²) < 4.78 is 34.4. The van der Waals surface area contributed by atoms with Gasteiger partial charge in [-0.05, 0) is 51.4 Å². The Morgan fingerprint density at radius 2 is 0.742 bits per heavy atom. The molecule has 3 aliphatic heterocycles. The molecule has 0 saturated carbocycles. The van der Waals surface area contributed by atoms with Crippen LogP contribution in [0.4, 0.5) is 0 Å². The molecule has 3 rings (SSSR count). The average molecular weight is 1270 g/mol. The topological polar surface area (TPSA) is 307 Å². The van der Waals surface area contributed by atoms with Crippen LogP contribution in [-0.2, 0) is 33.2 Å². The van der Waals surface area contributed by atoms with Gasteiger partial charge in [-0.25, -0.2) is 0 Å². The van der Waals surface area contributed by atoms with E-state index in [1.54, 1.807) is 6.08 Å². The van der Waals surface area contributed by atoms with Gasteiger partial charge in [0.05, 0.1) is 38.6 Å². The zero-order valence-corrected chi connectivity index (χ0v) is 55.2. The smallest absolute Gasteiger partial charge is 0.220 e. The van der Waals surface area contributed by atoms with Crippen LogP contribution < -0.4 is 5.32 Å². The second-order valence-electron chi connectivity index (χ2n) is 25.7. The number of nitrogens with one attached hydrogen (secondary N) is 1. The molecule has 0 aromatic carbocycles. The summed E-state index contributed by atoms with van der Waals surface area (Å²) in [5.41, 5.74) is 0. The quantitative estimate of drug-likeness (QED) is 0.0199. The van der Waals surface area contributed by atoms with Gasteiger partial charge in [0.25, 0.3) is 0 Å². The zero-order chi connectivity index (χ0) is 64.7. The first kappa shape index (κ1) is 81.2. The molecule has 0 aromatic rings. The number of aliphatic hydroxyl groups is 11. The van der Waals surface area contributed by atoms with Crippen molar-refractivity contribution < 1.29 is 89.4 Å². The van der Waals surface area contributed by atoms with Crippen LogP contribution in [0, 0.1) is 0 Å². The number of hydrogen-bond acceptors (Lipinski definition) is 18. The molecule has 3 fully saturated rings. The number of unbranched alkanes of at least 4 members (excludes halogenated alkanes) is 35. The lowest BCUT2D eigenvalue weighted by Gasteiger charge is -2.48. The van der Waals surface area contributed by atoms with Gasteiger partial charge in [0.2, 0.25) is 5.91 Å². The number of allylic oxidation sites excluding steroid dienone is 5. The van der Waals surface area contributed by atoms with E-state index in [1.165, 1.54) is 193 Å². The van der Waals surface area contributed by atoms with E-state index < -0.39 is 124 Å². The molecule has 0 aliphatic carbocycles. The van der Waals surface area contributed by atoms with Gasteiger partial charge in [0, 0.05) is 6.42 Å². The molecule has 0 aromatic heterocycles. The first-order valence-corrected chi connectivity index (χ1v) is 35.7. The highest BCUT2D eigenvalue weighted by molar-refractivity contribution is 5.76. The number of hydrogen-bond donors (Lipinski definition) is 12. The maximum Gasteiger partial charge on any atom is 0.220 e. The molecule has 17 atom stereocenters. The maximum atomic E-state index is 13.4. The van der Waals surface area contributed by atoms with E-state index >= 15 is 0 Å². The highest BCUT2D eigenvalue weighted by Gasteiger charge is 2.53. The minimum absolute atomic E-state index is 0.245. The Morgan fingerprint density at radius 1 is 0.404 bits per heavy atom.